The summed E-state index contributed by atoms with van der Waals surface area (Å²) in [7, 11) is 0. The first kappa shape index (κ1) is 11.8. The summed E-state index contributed by atoms with van der Waals surface area (Å²) in [6.45, 7) is 1.41. The van der Waals surface area contributed by atoms with Crippen LogP contribution in [-0.4, -0.2) is 16.1 Å². The van der Waals surface area contributed by atoms with Gasteiger partial charge in [-0.05, 0) is 12.5 Å². The van der Waals surface area contributed by atoms with Crippen LogP contribution in [0.5, 0.6) is 0 Å². The normalized spacial score (nSPS) is 10.7. The quantitative estimate of drug-likeness (QED) is 0.876. The maximum Gasteiger partial charge on any atom is 0.309 e. The van der Waals surface area contributed by atoms with E-state index in [0.717, 1.165) is 0 Å². The molecule has 0 saturated carbocycles. The molecule has 0 saturated heterocycles. The molecule has 1 N–H and O–H groups in total. The van der Waals surface area contributed by atoms with Gasteiger partial charge in [0.05, 0.1) is 17.1 Å². The monoisotopic (exact) mass is 235 g/mol. The van der Waals surface area contributed by atoms with Crippen LogP contribution in [0.1, 0.15) is 23.2 Å². The Morgan fingerprint density at radius 1 is 1.67 bits per heavy atom. The Labute approximate surface area is 89.7 Å². The van der Waals surface area contributed by atoms with Gasteiger partial charge in [0, 0.05) is 11.8 Å². The molecule has 1 rings (SSSR count). The average Bonchev–Trinajstić information content (AvgIpc) is 2.10. The smallest absolute Gasteiger partial charge is 0.309 e. The average molecular weight is 236 g/mol. The molecule has 1 aromatic rings. The fourth-order valence-corrected chi connectivity index (χ4v) is 1.37. The molecule has 82 valence electrons. The Morgan fingerprint density at radius 2 is 2.27 bits per heavy atom. The number of carboxylic acid groups (broad SMARTS) is 1. The fraction of sp³-hybridized carbons (Fsp3) is 0.333. The van der Waals surface area contributed by atoms with Gasteiger partial charge < -0.3 is 5.11 Å². The van der Waals surface area contributed by atoms with Gasteiger partial charge in [-0.3, -0.25) is 9.78 Å². The minimum atomic E-state index is -2.77. The Balaban J connectivity index is 3.26. The zero-order chi connectivity index (χ0) is 11.6. The molecule has 0 atom stereocenters. The van der Waals surface area contributed by atoms with Gasteiger partial charge in [0.15, 0.2) is 0 Å². The summed E-state index contributed by atoms with van der Waals surface area (Å²) in [6.07, 6.45) is -2.12. The van der Waals surface area contributed by atoms with Crippen LogP contribution in [0.3, 0.4) is 0 Å². The number of carboxylic acids is 1. The number of aromatic nitrogens is 1. The molecule has 0 spiro atoms. The lowest BCUT2D eigenvalue weighted by Crippen LogP contribution is -2.08. The van der Waals surface area contributed by atoms with Crippen LogP contribution >= 0.6 is 11.6 Å². The Hall–Kier alpha value is -1.23. The number of hydrogen-bond donors (Lipinski definition) is 1. The van der Waals surface area contributed by atoms with Gasteiger partial charge in [0.1, 0.15) is 0 Å². The van der Waals surface area contributed by atoms with E-state index in [2.05, 4.69) is 4.98 Å². The molecule has 0 aliphatic carbocycles. The van der Waals surface area contributed by atoms with Gasteiger partial charge in [-0.15, -0.1) is 0 Å². The van der Waals surface area contributed by atoms with Crippen molar-refractivity contribution in [3.8, 4) is 0 Å². The van der Waals surface area contributed by atoms with E-state index in [1.54, 1.807) is 0 Å². The highest BCUT2D eigenvalue weighted by Gasteiger charge is 2.20. The second-order valence-electron chi connectivity index (χ2n) is 2.96. The van der Waals surface area contributed by atoms with Crippen molar-refractivity contribution >= 4 is 17.6 Å². The molecule has 1 aromatic heterocycles. The van der Waals surface area contributed by atoms with Crippen LogP contribution in [-0.2, 0) is 11.2 Å². The van der Waals surface area contributed by atoms with Gasteiger partial charge in [-0.25, -0.2) is 8.78 Å². The van der Waals surface area contributed by atoms with Crippen LogP contribution in [0.15, 0.2) is 6.20 Å². The first-order valence-electron chi connectivity index (χ1n) is 4.07. The highest BCUT2D eigenvalue weighted by atomic mass is 35.5. The molecule has 15 heavy (non-hydrogen) atoms. The number of aliphatic carboxylic acids is 1. The van der Waals surface area contributed by atoms with Crippen LogP contribution in [0.4, 0.5) is 8.78 Å². The lowest BCUT2D eigenvalue weighted by molar-refractivity contribution is -0.136. The number of nitrogens with zero attached hydrogens (tertiary/aromatic N) is 1. The first-order valence-corrected chi connectivity index (χ1v) is 4.45. The summed E-state index contributed by atoms with van der Waals surface area (Å²) in [4.78, 5) is 14.0. The van der Waals surface area contributed by atoms with E-state index in [1.807, 2.05) is 0 Å². The summed E-state index contributed by atoms with van der Waals surface area (Å²) >= 11 is 5.62. The number of halogens is 3. The zero-order valence-electron chi connectivity index (χ0n) is 7.80. The molecule has 6 heteroatoms. The van der Waals surface area contributed by atoms with E-state index in [1.165, 1.54) is 13.1 Å². The van der Waals surface area contributed by atoms with E-state index in [9.17, 15) is 13.6 Å². The second-order valence-corrected chi connectivity index (χ2v) is 3.37. The number of hydrogen-bond acceptors (Lipinski definition) is 2. The van der Waals surface area contributed by atoms with Crippen LogP contribution in [0, 0.1) is 6.92 Å². The largest absolute Gasteiger partial charge is 0.481 e. The minimum Gasteiger partial charge on any atom is -0.481 e. The van der Waals surface area contributed by atoms with Crippen molar-refractivity contribution in [2.75, 3.05) is 0 Å². The van der Waals surface area contributed by atoms with E-state index in [-0.39, 0.29) is 21.8 Å². The van der Waals surface area contributed by atoms with E-state index in [4.69, 9.17) is 16.7 Å². The molecule has 3 nitrogen and oxygen atoms in total. The number of carbonyl (C=O) groups is 1. The van der Waals surface area contributed by atoms with Gasteiger partial charge in [-0.2, -0.15) is 0 Å². The third kappa shape index (κ3) is 2.62. The van der Waals surface area contributed by atoms with Crippen molar-refractivity contribution in [2.45, 2.75) is 19.8 Å². The number of rotatable bonds is 3. The molecule has 0 amide bonds. The standard InChI is InChI=1S/C9H8ClF2NO2/c1-4-5(10)3-13-6(2-7(14)15)8(4)9(11)12/h3,9H,2H2,1H3,(H,14,15). The molecule has 1 heterocycles. The summed E-state index contributed by atoms with van der Waals surface area (Å²) in [6, 6.07) is 0. The zero-order valence-corrected chi connectivity index (χ0v) is 8.55. The SMILES string of the molecule is Cc1c(Cl)cnc(CC(=O)O)c1C(F)F. The van der Waals surface area contributed by atoms with Crippen LogP contribution in [0.2, 0.25) is 5.02 Å². The van der Waals surface area contributed by atoms with Crippen molar-refractivity contribution in [1.82, 2.24) is 4.98 Å². The predicted molar refractivity (Wildman–Crippen MR) is 50.3 cm³/mol. The minimum absolute atomic E-state index is 0.111. The molecule has 0 fully saturated rings. The fourth-order valence-electron chi connectivity index (χ4n) is 1.22. The topological polar surface area (TPSA) is 50.2 Å². The molecule has 0 bridgehead atoms. The number of alkyl halides is 2. The molecule has 0 aromatic carbocycles. The van der Waals surface area contributed by atoms with E-state index >= 15 is 0 Å². The third-order valence-electron chi connectivity index (χ3n) is 1.94. The lowest BCUT2D eigenvalue weighted by Gasteiger charge is -2.10. The molecular weight excluding hydrogens is 228 g/mol. The van der Waals surface area contributed by atoms with E-state index in [0.29, 0.717) is 0 Å². The molecular formula is C9H8ClF2NO2. The molecule has 0 aliphatic rings. The van der Waals surface area contributed by atoms with Gasteiger partial charge >= 0.3 is 5.97 Å². The van der Waals surface area contributed by atoms with Crippen molar-refractivity contribution in [2.24, 2.45) is 0 Å². The molecule has 0 aliphatic heterocycles. The highest BCUT2D eigenvalue weighted by molar-refractivity contribution is 6.31. The number of pyridine rings is 1. The predicted octanol–water partition coefficient (Wildman–Crippen LogP) is 2.61. The molecule has 0 unspecified atom stereocenters. The summed E-state index contributed by atoms with van der Waals surface area (Å²) in [5.41, 5.74) is -0.345. The Morgan fingerprint density at radius 3 is 2.73 bits per heavy atom. The lowest BCUT2D eigenvalue weighted by atomic mass is 10.1. The van der Waals surface area contributed by atoms with Crippen molar-refractivity contribution < 1.29 is 18.7 Å². The van der Waals surface area contributed by atoms with Crippen LogP contribution < -0.4 is 0 Å². The third-order valence-corrected chi connectivity index (χ3v) is 2.32. The summed E-state index contributed by atoms with van der Waals surface area (Å²) < 4.78 is 25.3. The maximum absolute atomic E-state index is 12.6. The Kier molecular flexibility index (Phi) is 3.57. The van der Waals surface area contributed by atoms with Crippen molar-refractivity contribution in [1.29, 1.82) is 0 Å². The highest BCUT2D eigenvalue weighted by Crippen LogP contribution is 2.29. The van der Waals surface area contributed by atoms with Gasteiger partial charge in [-0.1, -0.05) is 11.6 Å². The van der Waals surface area contributed by atoms with E-state index < -0.39 is 18.8 Å². The molecule has 0 radical (unpaired) electrons. The maximum atomic E-state index is 12.6. The van der Waals surface area contributed by atoms with Crippen LogP contribution in [0.25, 0.3) is 0 Å². The van der Waals surface area contributed by atoms with Crippen molar-refractivity contribution in [3.05, 3.63) is 28.0 Å². The van der Waals surface area contributed by atoms with Gasteiger partial charge in [0.25, 0.3) is 6.43 Å². The second kappa shape index (κ2) is 4.53. The summed E-state index contributed by atoms with van der Waals surface area (Å²) in [5, 5.41) is 8.63. The summed E-state index contributed by atoms with van der Waals surface area (Å²) in [5.74, 6) is -1.20. The first-order chi connectivity index (χ1) is 6.93. The van der Waals surface area contributed by atoms with Crippen molar-refractivity contribution in [3.63, 3.8) is 0 Å². The van der Waals surface area contributed by atoms with Gasteiger partial charge in [0.2, 0.25) is 0 Å². The Bertz CT molecular complexity index is 396.